The lowest BCUT2D eigenvalue weighted by Crippen LogP contribution is -2.14. The minimum Gasteiger partial charge on any atom is -0.319 e. The molecule has 0 saturated carbocycles. The fourth-order valence-electron chi connectivity index (χ4n) is 3.21. The molecular weight excluding hydrogens is 494 g/mol. The molecule has 2 aromatic carbocycles. The van der Waals surface area contributed by atoms with Crippen molar-refractivity contribution in [3.63, 3.8) is 0 Å². The maximum Gasteiger partial charge on any atom is 0.266 e. The van der Waals surface area contributed by atoms with E-state index < -0.39 is 5.91 Å². The number of halogens is 2. The molecule has 3 aromatic rings. The molecule has 6 heteroatoms. The van der Waals surface area contributed by atoms with Crippen LogP contribution in [-0.2, 0) is 4.79 Å². The summed E-state index contributed by atoms with van der Waals surface area (Å²) in [6.45, 7) is 5.94. The first-order chi connectivity index (χ1) is 13.8. The fourth-order valence-corrected chi connectivity index (χ4v) is 4.83. The Morgan fingerprint density at radius 2 is 1.69 bits per heavy atom. The highest BCUT2D eigenvalue weighted by molar-refractivity contribution is 9.11. The summed E-state index contributed by atoms with van der Waals surface area (Å²) in [5.74, 6) is -0.456. The normalized spacial score (nSPS) is 11.2. The van der Waals surface area contributed by atoms with E-state index >= 15 is 0 Å². The summed E-state index contributed by atoms with van der Waals surface area (Å²) in [7, 11) is 0. The van der Waals surface area contributed by atoms with Gasteiger partial charge >= 0.3 is 0 Å². The number of nitrogens with zero attached hydrogens (tertiary/aromatic N) is 2. The van der Waals surface area contributed by atoms with E-state index in [0.29, 0.717) is 5.69 Å². The average molecular weight is 513 g/mol. The van der Waals surface area contributed by atoms with Gasteiger partial charge in [0.05, 0.1) is 5.69 Å². The number of benzene rings is 2. The molecule has 146 valence electrons. The first kappa shape index (κ1) is 21.1. The first-order valence-electron chi connectivity index (χ1n) is 8.95. The van der Waals surface area contributed by atoms with Crippen LogP contribution in [-0.4, -0.2) is 10.5 Å². The molecule has 1 aromatic heterocycles. The third-order valence-corrected chi connectivity index (χ3v) is 5.83. The Morgan fingerprint density at radius 3 is 2.28 bits per heavy atom. The van der Waals surface area contributed by atoms with E-state index in [-0.39, 0.29) is 5.57 Å². The predicted molar refractivity (Wildman–Crippen MR) is 124 cm³/mol. The Bertz CT molecular complexity index is 1130. The Hall–Kier alpha value is -2.62. The van der Waals surface area contributed by atoms with Crippen molar-refractivity contribution in [2.75, 3.05) is 5.32 Å². The lowest BCUT2D eigenvalue weighted by atomic mass is 10.1. The van der Waals surface area contributed by atoms with E-state index in [2.05, 4.69) is 41.7 Å². The van der Waals surface area contributed by atoms with Gasteiger partial charge in [-0.1, -0.05) is 18.2 Å². The van der Waals surface area contributed by atoms with E-state index in [9.17, 15) is 10.1 Å². The summed E-state index contributed by atoms with van der Waals surface area (Å²) < 4.78 is 3.60. The Balaban J connectivity index is 1.95. The molecule has 0 aliphatic heterocycles. The van der Waals surface area contributed by atoms with E-state index in [1.165, 1.54) is 0 Å². The van der Waals surface area contributed by atoms with Gasteiger partial charge in [-0.05, 0) is 100 Å². The molecule has 0 atom stereocenters. The number of amides is 1. The van der Waals surface area contributed by atoms with Crippen molar-refractivity contribution < 1.29 is 4.79 Å². The van der Waals surface area contributed by atoms with Crippen molar-refractivity contribution in [2.45, 2.75) is 20.8 Å². The highest BCUT2D eigenvalue weighted by atomic mass is 79.9. The van der Waals surface area contributed by atoms with Crippen LogP contribution in [0.15, 0.2) is 63.0 Å². The second kappa shape index (κ2) is 8.81. The van der Waals surface area contributed by atoms with Crippen molar-refractivity contribution in [3.05, 3.63) is 85.6 Å². The summed E-state index contributed by atoms with van der Waals surface area (Å²) in [4.78, 5) is 12.8. The summed E-state index contributed by atoms with van der Waals surface area (Å²) in [5, 5.41) is 12.4. The summed E-state index contributed by atoms with van der Waals surface area (Å²) >= 11 is 6.93. The topological polar surface area (TPSA) is 57.8 Å². The molecule has 0 bridgehead atoms. The monoisotopic (exact) mass is 511 g/mol. The fraction of sp³-hybridized carbons (Fsp3) is 0.130. The van der Waals surface area contributed by atoms with Crippen molar-refractivity contribution >= 4 is 49.5 Å². The number of carbonyl (C=O) groups excluding carboxylic acids is 1. The van der Waals surface area contributed by atoms with Gasteiger partial charge in [0.25, 0.3) is 5.91 Å². The molecule has 29 heavy (non-hydrogen) atoms. The highest BCUT2D eigenvalue weighted by Gasteiger charge is 2.16. The maximum absolute atomic E-state index is 12.8. The summed E-state index contributed by atoms with van der Waals surface area (Å²) in [6.07, 6.45) is 1.63. The van der Waals surface area contributed by atoms with Crippen LogP contribution in [0.2, 0.25) is 0 Å². The lowest BCUT2D eigenvalue weighted by molar-refractivity contribution is -0.112. The Kier molecular flexibility index (Phi) is 6.41. The van der Waals surface area contributed by atoms with E-state index in [0.717, 1.165) is 37.1 Å². The number of hydrogen-bond donors (Lipinski definition) is 1. The third kappa shape index (κ3) is 4.52. The zero-order valence-electron chi connectivity index (χ0n) is 16.3. The van der Waals surface area contributed by atoms with Crippen LogP contribution >= 0.6 is 31.9 Å². The number of nitrogens with one attached hydrogen (secondary N) is 1. The zero-order chi connectivity index (χ0) is 21.1. The van der Waals surface area contributed by atoms with Gasteiger partial charge in [0.15, 0.2) is 0 Å². The molecule has 4 nitrogen and oxygen atoms in total. The zero-order valence-corrected chi connectivity index (χ0v) is 19.4. The van der Waals surface area contributed by atoms with Crippen molar-refractivity contribution in [1.82, 2.24) is 4.57 Å². The minimum absolute atomic E-state index is 0.0395. The lowest BCUT2D eigenvalue weighted by Gasteiger charge is -2.11. The molecule has 0 spiro atoms. The van der Waals surface area contributed by atoms with Crippen LogP contribution in [0, 0.1) is 32.1 Å². The average Bonchev–Trinajstić information content (AvgIpc) is 2.96. The quantitative estimate of drug-likeness (QED) is 0.321. The molecule has 3 rings (SSSR count). The number of hydrogen-bond acceptors (Lipinski definition) is 2. The van der Waals surface area contributed by atoms with Crippen LogP contribution < -0.4 is 5.32 Å². The molecule has 0 aliphatic rings. The Morgan fingerprint density at radius 1 is 1.07 bits per heavy atom. The molecule has 1 heterocycles. The summed E-state index contributed by atoms with van der Waals surface area (Å²) in [6, 6.07) is 17.8. The van der Waals surface area contributed by atoms with E-state index in [1.54, 1.807) is 6.08 Å². The van der Waals surface area contributed by atoms with Gasteiger partial charge in [-0.2, -0.15) is 5.26 Å². The number of rotatable bonds is 4. The number of aromatic nitrogens is 1. The molecular formula is C23H19Br2N3O. The molecule has 0 unspecified atom stereocenters. The van der Waals surface area contributed by atoms with Crippen LogP contribution in [0.1, 0.15) is 22.5 Å². The second-order valence-electron chi connectivity index (χ2n) is 6.72. The van der Waals surface area contributed by atoms with Crippen LogP contribution in [0.3, 0.4) is 0 Å². The van der Waals surface area contributed by atoms with Crippen LogP contribution in [0.5, 0.6) is 0 Å². The van der Waals surface area contributed by atoms with E-state index in [4.69, 9.17) is 0 Å². The van der Waals surface area contributed by atoms with Crippen molar-refractivity contribution in [1.29, 1.82) is 5.26 Å². The molecule has 1 amide bonds. The SMILES string of the molecule is Cc1cc(Br)c(NC(=O)/C(C#N)=C/c2cc(C)n(-c3ccccc3)c2C)c(Br)c1. The second-order valence-corrected chi connectivity index (χ2v) is 8.43. The Labute approximate surface area is 187 Å². The number of para-hydroxylation sites is 1. The van der Waals surface area contributed by atoms with Gasteiger partial charge in [-0.3, -0.25) is 4.79 Å². The minimum atomic E-state index is -0.456. The number of nitriles is 1. The highest BCUT2D eigenvalue weighted by Crippen LogP contribution is 2.33. The van der Waals surface area contributed by atoms with Gasteiger partial charge in [0.1, 0.15) is 11.6 Å². The third-order valence-electron chi connectivity index (χ3n) is 4.57. The smallest absolute Gasteiger partial charge is 0.266 e. The van der Waals surface area contributed by atoms with Crippen LogP contribution in [0.4, 0.5) is 5.69 Å². The molecule has 0 aliphatic carbocycles. The molecule has 0 radical (unpaired) electrons. The molecule has 1 N–H and O–H groups in total. The molecule has 0 fully saturated rings. The van der Waals surface area contributed by atoms with Gasteiger partial charge in [0, 0.05) is 26.0 Å². The largest absolute Gasteiger partial charge is 0.319 e. The summed E-state index contributed by atoms with van der Waals surface area (Å²) in [5.41, 5.74) is 5.55. The van der Waals surface area contributed by atoms with Gasteiger partial charge in [-0.25, -0.2) is 0 Å². The van der Waals surface area contributed by atoms with E-state index in [1.807, 2.05) is 75.4 Å². The predicted octanol–water partition coefficient (Wildman–Crippen LogP) is 6.47. The van der Waals surface area contributed by atoms with Crippen LogP contribution in [0.25, 0.3) is 11.8 Å². The molecule has 0 saturated heterocycles. The van der Waals surface area contributed by atoms with Crippen molar-refractivity contribution in [3.8, 4) is 11.8 Å². The number of anilines is 1. The van der Waals surface area contributed by atoms with Gasteiger partial charge in [-0.15, -0.1) is 0 Å². The van der Waals surface area contributed by atoms with Gasteiger partial charge in [0.2, 0.25) is 0 Å². The standard InChI is InChI=1S/C23H19Br2N3O/c1-14-9-20(24)22(21(25)10-14)27-23(29)18(13-26)12-17-11-15(2)28(16(17)3)19-7-5-4-6-8-19/h4-12H,1-3H3,(H,27,29)/b18-12+. The number of carbonyl (C=O) groups is 1. The van der Waals surface area contributed by atoms with Crippen molar-refractivity contribution in [2.24, 2.45) is 0 Å². The first-order valence-corrected chi connectivity index (χ1v) is 10.5. The van der Waals surface area contributed by atoms with Gasteiger partial charge < -0.3 is 9.88 Å². The number of aryl methyl sites for hydroxylation is 2. The maximum atomic E-state index is 12.8.